The summed E-state index contributed by atoms with van der Waals surface area (Å²) in [6.07, 6.45) is 1.23. The SMILES string of the molecule is CC(=O)N1C[C@H]2C[C@@H](C1)[C@H](C(=O)NCCc1nn[nH]n1)n1c2cccc1=O. The molecule has 2 aromatic rings. The molecule has 1 fully saturated rings. The van der Waals surface area contributed by atoms with Crippen LogP contribution in [0.2, 0.25) is 0 Å². The van der Waals surface area contributed by atoms with Crippen LogP contribution in [0.4, 0.5) is 0 Å². The summed E-state index contributed by atoms with van der Waals surface area (Å²) in [6, 6.07) is 4.45. The van der Waals surface area contributed by atoms with Crippen molar-refractivity contribution in [2.75, 3.05) is 19.6 Å². The maximum absolute atomic E-state index is 13.0. The molecule has 2 amide bonds. The van der Waals surface area contributed by atoms with E-state index in [1.54, 1.807) is 22.5 Å². The number of piperidine rings is 1. The Labute approximate surface area is 154 Å². The number of pyridine rings is 1. The molecule has 1 saturated heterocycles. The number of carbonyl (C=O) groups excluding carboxylic acids is 2. The van der Waals surface area contributed by atoms with Crippen LogP contribution in [0.15, 0.2) is 23.0 Å². The zero-order valence-electron chi connectivity index (χ0n) is 15.0. The molecule has 0 aliphatic carbocycles. The summed E-state index contributed by atoms with van der Waals surface area (Å²) in [5, 5.41) is 16.5. The van der Waals surface area contributed by atoms with Gasteiger partial charge in [-0.3, -0.25) is 19.0 Å². The van der Waals surface area contributed by atoms with Crippen molar-refractivity contribution in [3.05, 3.63) is 40.1 Å². The number of amides is 2. The van der Waals surface area contributed by atoms with Crippen LogP contribution >= 0.6 is 0 Å². The van der Waals surface area contributed by atoms with E-state index in [1.165, 1.54) is 6.07 Å². The molecule has 10 heteroatoms. The van der Waals surface area contributed by atoms with E-state index in [2.05, 4.69) is 25.9 Å². The molecule has 0 spiro atoms. The van der Waals surface area contributed by atoms with Crippen molar-refractivity contribution in [3.8, 4) is 0 Å². The van der Waals surface area contributed by atoms with Gasteiger partial charge in [0.15, 0.2) is 5.82 Å². The largest absolute Gasteiger partial charge is 0.354 e. The summed E-state index contributed by atoms with van der Waals surface area (Å²) in [6.45, 7) is 2.95. The molecule has 27 heavy (non-hydrogen) atoms. The summed E-state index contributed by atoms with van der Waals surface area (Å²) >= 11 is 0. The molecule has 2 bridgehead atoms. The van der Waals surface area contributed by atoms with Gasteiger partial charge in [-0.15, -0.1) is 10.2 Å². The van der Waals surface area contributed by atoms with Gasteiger partial charge in [0.1, 0.15) is 6.04 Å². The topological polar surface area (TPSA) is 126 Å². The molecule has 4 heterocycles. The first kappa shape index (κ1) is 17.4. The van der Waals surface area contributed by atoms with Gasteiger partial charge in [0.05, 0.1) is 0 Å². The monoisotopic (exact) mass is 371 g/mol. The number of fused-ring (bicyclic) bond motifs is 4. The van der Waals surface area contributed by atoms with Crippen LogP contribution in [-0.2, 0) is 16.0 Å². The van der Waals surface area contributed by atoms with Crippen LogP contribution in [0, 0.1) is 5.92 Å². The summed E-state index contributed by atoms with van der Waals surface area (Å²) in [5.41, 5.74) is 0.639. The summed E-state index contributed by atoms with van der Waals surface area (Å²) in [4.78, 5) is 39.2. The lowest BCUT2D eigenvalue weighted by atomic mass is 9.78. The Morgan fingerprint density at radius 2 is 2.19 bits per heavy atom. The predicted molar refractivity (Wildman–Crippen MR) is 93.7 cm³/mol. The molecule has 3 atom stereocenters. The molecule has 0 saturated carbocycles. The lowest BCUT2D eigenvalue weighted by Crippen LogP contribution is -2.54. The van der Waals surface area contributed by atoms with Crippen molar-refractivity contribution in [3.63, 3.8) is 0 Å². The first-order valence-electron chi connectivity index (χ1n) is 9.01. The lowest BCUT2D eigenvalue weighted by Gasteiger charge is -2.46. The van der Waals surface area contributed by atoms with Gasteiger partial charge in [0, 0.05) is 56.6 Å². The van der Waals surface area contributed by atoms with E-state index in [-0.39, 0.29) is 29.2 Å². The number of rotatable bonds is 4. The van der Waals surface area contributed by atoms with Crippen LogP contribution < -0.4 is 10.9 Å². The second kappa shape index (κ2) is 6.93. The number of nitrogens with zero attached hydrogens (tertiary/aromatic N) is 5. The Morgan fingerprint density at radius 3 is 2.93 bits per heavy atom. The van der Waals surface area contributed by atoms with E-state index in [1.807, 2.05) is 6.07 Å². The fourth-order valence-electron chi connectivity index (χ4n) is 4.22. The van der Waals surface area contributed by atoms with Gasteiger partial charge in [-0.25, -0.2) is 0 Å². The maximum Gasteiger partial charge on any atom is 0.251 e. The zero-order chi connectivity index (χ0) is 19.0. The standard InChI is InChI=1S/C17H21N7O3/c1-10(25)23-8-11-7-12(9-23)16(24-13(11)3-2-4-15(24)26)17(27)18-6-5-14-19-21-22-20-14/h2-4,11-12,16H,5-9H2,1H3,(H,18,27)(H,19,20,21,22)/t11-,12+,16-/m1/s1. The minimum Gasteiger partial charge on any atom is -0.354 e. The summed E-state index contributed by atoms with van der Waals surface area (Å²) in [7, 11) is 0. The minimum absolute atomic E-state index is 0.00677. The molecule has 142 valence electrons. The van der Waals surface area contributed by atoms with Crippen molar-refractivity contribution in [1.29, 1.82) is 0 Å². The first-order valence-corrected chi connectivity index (χ1v) is 9.01. The smallest absolute Gasteiger partial charge is 0.251 e. The fourth-order valence-corrected chi connectivity index (χ4v) is 4.22. The highest BCUT2D eigenvalue weighted by Crippen LogP contribution is 2.41. The van der Waals surface area contributed by atoms with Crippen molar-refractivity contribution >= 4 is 11.8 Å². The molecule has 0 aromatic carbocycles. The molecule has 0 radical (unpaired) electrons. The Bertz CT molecular complexity index is 908. The number of H-pyrrole nitrogens is 1. The molecule has 10 nitrogen and oxygen atoms in total. The van der Waals surface area contributed by atoms with Crippen LogP contribution in [0.1, 0.15) is 36.8 Å². The number of likely N-dealkylation sites (tertiary alicyclic amines) is 1. The van der Waals surface area contributed by atoms with Crippen LogP contribution in [-0.4, -0.2) is 61.5 Å². The third-order valence-electron chi connectivity index (χ3n) is 5.40. The van der Waals surface area contributed by atoms with Gasteiger partial charge < -0.3 is 10.2 Å². The maximum atomic E-state index is 13.0. The number of hydrogen-bond donors (Lipinski definition) is 2. The average Bonchev–Trinajstić information content (AvgIpc) is 3.16. The molecular formula is C17H21N7O3. The second-order valence-corrected chi connectivity index (χ2v) is 7.09. The summed E-state index contributed by atoms with van der Waals surface area (Å²) in [5.74, 6) is 0.266. The van der Waals surface area contributed by atoms with Crippen LogP contribution in [0.25, 0.3) is 0 Å². The van der Waals surface area contributed by atoms with E-state index >= 15 is 0 Å². The molecule has 4 rings (SSSR count). The van der Waals surface area contributed by atoms with Crippen LogP contribution in [0.3, 0.4) is 0 Å². The van der Waals surface area contributed by atoms with Crippen molar-refractivity contribution < 1.29 is 9.59 Å². The molecule has 2 N–H and O–H groups in total. The van der Waals surface area contributed by atoms with E-state index < -0.39 is 6.04 Å². The highest BCUT2D eigenvalue weighted by molar-refractivity contribution is 5.81. The van der Waals surface area contributed by atoms with E-state index in [4.69, 9.17) is 0 Å². The molecule has 2 aliphatic heterocycles. The fraction of sp³-hybridized carbons (Fsp3) is 0.529. The van der Waals surface area contributed by atoms with E-state index in [9.17, 15) is 14.4 Å². The van der Waals surface area contributed by atoms with Gasteiger partial charge in [-0.05, 0) is 12.5 Å². The predicted octanol–water partition coefficient (Wildman–Crippen LogP) is -0.773. The minimum atomic E-state index is -0.627. The number of aromatic nitrogens is 5. The van der Waals surface area contributed by atoms with Gasteiger partial charge in [-0.1, -0.05) is 11.3 Å². The normalized spacial score (nSPS) is 23.6. The Morgan fingerprint density at radius 1 is 1.33 bits per heavy atom. The molecule has 2 aliphatic rings. The third-order valence-corrected chi connectivity index (χ3v) is 5.40. The second-order valence-electron chi connectivity index (χ2n) is 7.09. The average molecular weight is 371 g/mol. The third kappa shape index (κ3) is 3.22. The van der Waals surface area contributed by atoms with E-state index in [0.29, 0.717) is 31.9 Å². The number of tetrazole rings is 1. The molecular weight excluding hydrogens is 350 g/mol. The number of hydrogen-bond acceptors (Lipinski definition) is 6. The first-order chi connectivity index (χ1) is 13.0. The quantitative estimate of drug-likeness (QED) is 0.727. The van der Waals surface area contributed by atoms with Crippen molar-refractivity contribution in [2.24, 2.45) is 5.92 Å². The van der Waals surface area contributed by atoms with Crippen molar-refractivity contribution in [1.82, 2.24) is 35.4 Å². The lowest BCUT2D eigenvalue weighted by molar-refractivity contribution is -0.135. The summed E-state index contributed by atoms with van der Waals surface area (Å²) < 4.78 is 1.61. The molecule has 0 unspecified atom stereocenters. The van der Waals surface area contributed by atoms with Gasteiger partial charge in [0.2, 0.25) is 11.8 Å². The highest BCUT2D eigenvalue weighted by atomic mass is 16.2. The highest BCUT2D eigenvalue weighted by Gasteiger charge is 2.44. The number of nitrogens with one attached hydrogen (secondary N) is 2. The van der Waals surface area contributed by atoms with E-state index in [0.717, 1.165) is 12.1 Å². The van der Waals surface area contributed by atoms with Crippen molar-refractivity contribution in [2.45, 2.75) is 31.7 Å². The van der Waals surface area contributed by atoms with Gasteiger partial charge in [0.25, 0.3) is 5.56 Å². The number of carbonyl (C=O) groups is 2. The van der Waals surface area contributed by atoms with Gasteiger partial charge >= 0.3 is 0 Å². The number of aromatic amines is 1. The zero-order valence-corrected chi connectivity index (χ0v) is 15.0. The Hall–Kier alpha value is -3.04. The Kier molecular flexibility index (Phi) is 4.46. The Balaban J connectivity index is 1.60. The van der Waals surface area contributed by atoms with Crippen LogP contribution in [0.5, 0.6) is 0 Å². The molecule has 2 aromatic heterocycles. The van der Waals surface area contributed by atoms with Gasteiger partial charge in [-0.2, -0.15) is 5.21 Å².